The molecule has 0 saturated carbocycles. The van der Waals surface area contributed by atoms with Gasteiger partial charge in [-0.3, -0.25) is 4.90 Å². The molecule has 2 N–H and O–H groups in total. The molecule has 9 heteroatoms. The minimum absolute atomic E-state index is 0.300. The fraction of sp³-hybridized carbons (Fsp3) is 0.440. The number of hydrogen-bond donors (Lipinski definition) is 2. The van der Waals surface area contributed by atoms with Crippen molar-refractivity contribution in [3.05, 3.63) is 41.2 Å². The first-order valence-electron chi connectivity index (χ1n) is 12.1. The largest absolute Gasteiger partial charge is 0.378 e. The molecule has 0 amide bonds. The summed E-state index contributed by atoms with van der Waals surface area (Å²) in [6, 6.07) is 8.58. The predicted octanol–water partition coefficient (Wildman–Crippen LogP) is 3.75. The van der Waals surface area contributed by atoms with Gasteiger partial charge >= 0.3 is 0 Å². The third-order valence-electron chi connectivity index (χ3n) is 7.29. The van der Waals surface area contributed by atoms with Gasteiger partial charge in [-0.25, -0.2) is 14.4 Å². The molecule has 2 unspecified atom stereocenters. The highest BCUT2D eigenvalue weighted by Gasteiger charge is 2.32. The van der Waals surface area contributed by atoms with Crippen LogP contribution in [0.5, 0.6) is 0 Å². The zero-order valence-corrected chi connectivity index (χ0v) is 19.7. The van der Waals surface area contributed by atoms with Crippen LogP contribution in [0.2, 0.25) is 0 Å². The second-order valence-corrected chi connectivity index (χ2v) is 10.7. The predicted molar refractivity (Wildman–Crippen MR) is 133 cm³/mol. The van der Waals surface area contributed by atoms with Gasteiger partial charge in [0.05, 0.1) is 29.0 Å². The fourth-order valence-corrected chi connectivity index (χ4v) is 6.87. The van der Waals surface area contributed by atoms with Crippen LogP contribution in [-0.2, 0) is 11.3 Å². The van der Waals surface area contributed by atoms with Gasteiger partial charge in [0.2, 0.25) is 0 Å². The molecule has 4 aromatic rings. The van der Waals surface area contributed by atoms with Crippen molar-refractivity contribution in [1.29, 1.82) is 0 Å². The molecule has 176 valence electrons. The lowest BCUT2D eigenvalue weighted by Crippen LogP contribution is -2.50. The van der Waals surface area contributed by atoms with Gasteiger partial charge < -0.3 is 19.9 Å². The van der Waals surface area contributed by atoms with Crippen LogP contribution in [0.4, 0.5) is 10.2 Å². The zero-order chi connectivity index (χ0) is 22.6. The highest BCUT2D eigenvalue weighted by atomic mass is 32.1. The van der Waals surface area contributed by atoms with Crippen molar-refractivity contribution in [2.24, 2.45) is 0 Å². The summed E-state index contributed by atoms with van der Waals surface area (Å²) >= 11 is 1.78. The Morgan fingerprint density at radius 3 is 2.74 bits per heavy atom. The first-order valence-corrected chi connectivity index (χ1v) is 12.9. The number of ether oxygens (including phenoxy) is 1. The van der Waals surface area contributed by atoms with E-state index in [9.17, 15) is 0 Å². The number of aromatic nitrogens is 3. The number of benzene rings is 1. The molecule has 6 heterocycles. The minimum Gasteiger partial charge on any atom is -0.378 e. The summed E-state index contributed by atoms with van der Waals surface area (Å²) < 4.78 is 21.8. The molecule has 0 spiro atoms. The Morgan fingerprint density at radius 2 is 1.91 bits per heavy atom. The Labute approximate surface area is 200 Å². The third-order valence-corrected chi connectivity index (χ3v) is 8.40. The average molecular weight is 479 g/mol. The van der Waals surface area contributed by atoms with Gasteiger partial charge in [-0.15, -0.1) is 11.3 Å². The molecule has 3 fully saturated rings. The summed E-state index contributed by atoms with van der Waals surface area (Å²) in [5, 5.41) is 4.52. The normalized spacial score (nSPS) is 23.4. The van der Waals surface area contributed by atoms with Crippen LogP contribution in [0.1, 0.15) is 17.7 Å². The molecule has 0 aliphatic carbocycles. The number of likely N-dealkylation sites (tertiary alicyclic amines) is 1. The van der Waals surface area contributed by atoms with E-state index < -0.39 is 0 Å². The Bertz CT molecular complexity index is 1350. The number of aromatic amines is 1. The number of nitrogens with one attached hydrogen (secondary N) is 2. The van der Waals surface area contributed by atoms with Gasteiger partial charge in [0.15, 0.2) is 11.6 Å². The lowest BCUT2D eigenvalue weighted by Gasteiger charge is -2.32. The van der Waals surface area contributed by atoms with E-state index >= 15 is 4.39 Å². The summed E-state index contributed by atoms with van der Waals surface area (Å²) in [6.45, 7) is 6.01. The van der Waals surface area contributed by atoms with Gasteiger partial charge in [-0.05, 0) is 37.1 Å². The van der Waals surface area contributed by atoms with Gasteiger partial charge in [-0.1, -0.05) is 0 Å². The number of hydrogen-bond acceptors (Lipinski definition) is 7. The van der Waals surface area contributed by atoms with E-state index in [1.54, 1.807) is 17.4 Å². The highest BCUT2D eigenvalue weighted by molar-refractivity contribution is 7.19. The molecule has 3 saturated heterocycles. The number of rotatable bonds is 4. The Hall–Kier alpha value is -2.59. The van der Waals surface area contributed by atoms with Crippen LogP contribution >= 0.6 is 11.3 Å². The molecular formula is C25H27FN6OS. The number of halogens is 1. The van der Waals surface area contributed by atoms with E-state index in [-0.39, 0.29) is 5.82 Å². The van der Waals surface area contributed by atoms with E-state index in [4.69, 9.17) is 14.7 Å². The summed E-state index contributed by atoms with van der Waals surface area (Å²) in [7, 11) is 0. The molecule has 7 nitrogen and oxygen atoms in total. The van der Waals surface area contributed by atoms with Gasteiger partial charge in [0.25, 0.3) is 0 Å². The fourth-order valence-electron chi connectivity index (χ4n) is 5.72. The third kappa shape index (κ3) is 3.58. The van der Waals surface area contributed by atoms with Gasteiger partial charge in [0.1, 0.15) is 5.82 Å². The highest BCUT2D eigenvalue weighted by Crippen LogP contribution is 2.37. The lowest BCUT2D eigenvalue weighted by molar-refractivity contribution is 0.122. The van der Waals surface area contributed by atoms with Crippen molar-refractivity contribution in [3.63, 3.8) is 0 Å². The molecule has 3 aromatic heterocycles. The molecule has 34 heavy (non-hydrogen) atoms. The molecule has 1 aromatic carbocycles. The van der Waals surface area contributed by atoms with Gasteiger partial charge in [-0.2, -0.15) is 0 Å². The number of morpholine rings is 1. The smallest absolute Gasteiger partial charge is 0.165 e. The number of thiophene rings is 1. The SMILES string of the molecule is Fc1ccc2[nH]ccc2c1-c1nc(N2CCOCC2)c2sc(CN3CC4CCC(C3)N4)cc2n1. The molecule has 7 rings (SSSR count). The van der Waals surface area contributed by atoms with Gasteiger partial charge in [0, 0.05) is 66.8 Å². The van der Waals surface area contributed by atoms with E-state index in [1.165, 1.54) is 23.8 Å². The molecule has 3 aliphatic rings. The van der Waals surface area contributed by atoms with Crippen molar-refractivity contribution in [1.82, 2.24) is 25.2 Å². The van der Waals surface area contributed by atoms with E-state index in [1.807, 2.05) is 12.3 Å². The molecule has 0 radical (unpaired) electrons. The topological polar surface area (TPSA) is 69.3 Å². The standard InChI is InChI=1S/C25H27FN6OS/c26-19-3-4-20-18(5-6-27-20)22(19)24-29-21-11-17(14-31-12-15-1-2-16(13-31)28-15)34-23(21)25(30-24)32-7-9-33-10-8-32/h3-6,11,15-16,27-28H,1-2,7-10,12-14H2. The number of anilines is 1. The first kappa shape index (κ1) is 20.8. The number of H-pyrrole nitrogens is 1. The number of fused-ring (bicyclic) bond motifs is 4. The molecular weight excluding hydrogens is 451 g/mol. The van der Waals surface area contributed by atoms with Crippen LogP contribution in [0, 0.1) is 5.82 Å². The first-order chi connectivity index (χ1) is 16.7. The molecule has 3 aliphatic heterocycles. The second-order valence-electron chi connectivity index (χ2n) is 9.59. The number of piperazine rings is 1. The monoisotopic (exact) mass is 478 g/mol. The summed E-state index contributed by atoms with van der Waals surface area (Å²) in [5.41, 5.74) is 2.24. The Kier molecular flexibility index (Phi) is 5.05. The van der Waals surface area contributed by atoms with Crippen LogP contribution < -0.4 is 10.2 Å². The second kappa shape index (κ2) is 8.27. The number of nitrogens with zero attached hydrogens (tertiary/aromatic N) is 4. The average Bonchev–Trinajstić information content (AvgIpc) is 3.57. The van der Waals surface area contributed by atoms with Crippen molar-refractivity contribution in [2.45, 2.75) is 31.5 Å². The van der Waals surface area contributed by atoms with Crippen molar-refractivity contribution >= 4 is 38.3 Å². The summed E-state index contributed by atoms with van der Waals surface area (Å²) in [4.78, 5) is 19.2. The van der Waals surface area contributed by atoms with E-state index in [2.05, 4.69) is 26.2 Å². The molecule has 2 atom stereocenters. The Balaban J connectivity index is 1.33. The Morgan fingerprint density at radius 1 is 1.09 bits per heavy atom. The van der Waals surface area contributed by atoms with Crippen molar-refractivity contribution in [2.75, 3.05) is 44.3 Å². The van der Waals surface area contributed by atoms with Crippen molar-refractivity contribution < 1.29 is 9.13 Å². The van der Waals surface area contributed by atoms with Crippen molar-refractivity contribution in [3.8, 4) is 11.4 Å². The van der Waals surface area contributed by atoms with Crippen LogP contribution in [0.25, 0.3) is 32.5 Å². The maximum Gasteiger partial charge on any atom is 0.165 e. The molecule has 2 bridgehead atoms. The lowest BCUT2D eigenvalue weighted by atomic mass is 10.1. The summed E-state index contributed by atoms with van der Waals surface area (Å²) in [6.07, 6.45) is 4.39. The van der Waals surface area contributed by atoms with Crippen LogP contribution in [0.15, 0.2) is 30.5 Å². The van der Waals surface area contributed by atoms with Crippen LogP contribution in [0.3, 0.4) is 0 Å². The minimum atomic E-state index is -0.300. The maximum atomic E-state index is 15.1. The van der Waals surface area contributed by atoms with E-state index in [0.717, 1.165) is 59.7 Å². The summed E-state index contributed by atoms with van der Waals surface area (Å²) in [5.74, 6) is 1.04. The zero-order valence-electron chi connectivity index (χ0n) is 18.9. The quantitative estimate of drug-likeness (QED) is 0.466. The van der Waals surface area contributed by atoms with Crippen LogP contribution in [-0.4, -0.2) is 71.3 Å². The van der Waals surface area contributed by atoms with E-state index in [0.29, 0.717) is 36.7 Å². The maximum absolute atomic E-state index is 15.1.